The number of carboxylic acid groups (broad SMARTS) is 1. The van der Waals surface area contributed by atoms with E-state index in [1.807, 2.05) is 0 Å². The lowest BCUT2D eigenvalue weighted by atomic mass is 10.1. The monoisotopic (exact) mass is 123 g/mol. The van der Waals surface area contributed by atoms with Gasteiger partial charge in [-0.3, -0.25) is 0 Å². The SMILES string of the molecule is [2H]C([2H])([2H])C([2H])(C)[C@]([2H])(O)C(=O)O. The summed E-state index contributed by atoms with van der Waals surface area (Å²) in [6.45, 7) is -2.36. The third-order valence-corrected chi connectivity index (χ3v) is 0.558. The van der Waals surface area contributed by atoms with Crippen molar-refractivity contribution in [2.45, 2.75) is 19.9 Å². The van der Waals surface area contributed by atoms with Gasteiger partial charge in [0.25, 0.3) is 0 Å². The Kier molecular flexibility index (Phi) is 0.784. The molecule has 8 heavy (non-hydrogen) atoms. The van der Waals surface area contributed by atoms with Crippen LogP contribution in [0.5, 0.6) is 0 Å². The number of carboxylic acids is 1. The van der Waals surface area contributed by atoms with Gasteiger partial charge >= 0.3 is 5.97 Å². The van der Waals surface area contributed by atoms with Crippen molar-refractivity contribution in [3.8, 4) is 0 Å². The van der Waals surface area contributed by atoms with Gasteiger partial charge in [-0.15, -0.1) is 0 Å². The van der Waals surface area contributed by atoms with Crippen LogP contribution >= 0.6 is 0 Å². The van der Waals surface area contributed by atoms with Crippen molar-refractivity contribution in [3.63, 3.8) is 0 Å². The van der Waals surface area contributed by atoms with E-state index >= 15 is 0 Å². The average molecular weight is 123 g/mol. The summed E-state index contributed by atoms with van der Waals surface area (Å²) in [6, 6.07) is 0. The van der Waals surface area contributed by atoms with Gasteiger partial charge < -0.3 is 10.2 Å². The van der Waals surface area contributed by atoms with Gasteiger partial charge in [-0.2, -0.15) is 0 Å². The van der Waals surface area contributed by atoms with Crippen molar-refractivity contribution in [1.82, 2.24) is 0 Å². The maximum Gasteiger partial charge on any atom is 0.332 e. The molecule has 0 saturated heterocycles. The Morgan fingerprint density at radius 1 is 2.00 bits per heavy atom. The van der Waals surface area contributed by atoms with Crippen LogP contribution in [0.2, 0.25) is 0 Å². The highest BCUT2D eigenvalue weighted by Crippen LogP contribution is 1.99. The first kappa shape index (κ1) is 2.35. The van der Waals surface area contributed by atoms with Crippen molar-refractivity contribution < 1.29 is 21.9 Å². The minimum absolute atomic E-state index is 0.682. The second kappa shape index (κ2) is 2.67. The van der Waals surface area contributed by atoms with Crippen molar-refractivity contribution in [2.24, 2.45) is 5.89 Å². The van der Waals surface area contributed by atoms with Crippen LogP contribution in [-0.2, 0) is 4.79 Å². The largest absolute Gasteiger partial charge is 0.479 e. The first-order chi connectivity index (χ1) is 5.44. The first-order valence-corrected chi connectivity index (χ1v) is 1.90. The van der Waals surface area contributed by atoms with Gasteiger partial charge in [-0.05, 0) is 5.89 Å². The van der Waals surface area contributed by atoms with Crippen LogP contribution in [0.3, 0.4) is 0 Å². The van der Waals surface area contributed by atoms with Crippen LogP contribution in [-0.4, -0.2) is 22.3 Å². The van der Waals surface area contributed by atoms with E-state index in [4.69, 9.17) is 17.1 Å². The second-order valence-corrected chi connectivity index (χ2v) is 1.28. The Morgan fingerprint density at radius 3 is 2.62 bits per heavy atom. The summed E-state index contributed by atoms with van der Waals surface area (Å²) in [5.74, 6) is -4.83. The van der Waals surface area contributed by atoms with Gasteiger partial charge in [-0.1, -0.05) is 13.8 Å². The summed E-state index contributed by atoms with van der Waals surface area (Å²) in [5.41, 5.74) is 0. The lowest BCUT2D eigenvalue weighted by Gasteiger charge is -2.06. The molecule has 0 rings (SSSR count). The minimum Gasteiger partial charge on any atom is -0.479 e. The Hall–Kier alpha value is -0.570. The van der Waals surface area contributed by atoms with Gasteiger partial charge in [0.2, 0.25) is 0 Å². The normalized spacial score (nSPS) is 36.0. The van der Waals surface area contributed by atoms with E-state index in [1.165, 1.54) is 0 Å². The Labute approximate surface area is 55.0 Å². The van der Waals surface area contributed by atoms with Crippen LogP contribution in [0.4, 0.5) is 0 Å². The van der Waals surface area contributed by atoms with Gasteiger partial charge in [0.1, 0.15) is 0 Å². The standard InChI is InChI=1S/C5H10O3/c1-3(2)4(6)5(7)8/h3-4,6H,1-2H3,(H,7,8)/t4-/m0/s1/i1D3,3D,4D/t3?,4-. The number of aliphatic hydroxyl groups is 1. The molecule has 3 heteroatoms. The van der Waals surface area contributed by atoms with Crippen LogP contribution in [0, 0.1) is 5.89 Å². The Bertz CT molecular complexity index is 219. The molecular weight excluding hydrogens is 108 g/mol. The van der Waals surface area contributed by atoms with Gasteiger partial charge in [0.15, 0.2) is 6.08 Å². The molecule has 1 unspecified atom stereocenters. The Morgan fingerprint density at radius 2 is 2.50 bits per heavy atom. The van der Waals surface area contributed by atoms with E-state index in [1.54, 1.807) is 0 Å². The van der Waals surface area contributed by atoms with Gasteiger partial charge in [0, 0.05) is 5.48 Å². The fraction of sp³-hybridized carbons (Fsp3) is 0.800. The topological polar surface area (TPSA) is 57.5 Å². The molecule has 2 N–H and O–H groups in total. The second-order valence-electron chi connectivity index (χ2n) is 1.28. The third kappa shape index (κ3) is 1.93. The van der Waals surface area contributed by atoms with Crippen molar-refractivity contribution in [3.05, 3.63) is 0 Å². The average Bonchev–Trinajstić information content (AvgIpc) is 1.84. The molecule has 48 valence electrons. The summed E-state index contributed by atoms with van der Waals surface area (Å²) in [7, 11) is 0. The van der Waals surface area contributed by atoms with Crippen molar-refractivity contribution in [1.29, 1.82) is 0 Å². The third-order valence-electron chi connectivity index (χ3n) is 0.558. The summed E-state index contributed by atoms with van der Waals surface area (Å²) >= 11 is 0. The molecule has 0 radical (unpaired) electrons. The molecule has 0 aromatic carbocycles. The minimum atomic E-state index is -3.35. The van der Waals surface area contributed by atoms with E-state index in [9.17, 15) is 4.79 Å². The summed E-state index contributed by atoms with van der Waals surface area (Å²) in [5, 5.41) is 17.3. The lowest BCUT2D eigenvalue weighted by molar-refractivity contribution is -0.148. The van der Waals surface area contributed by atoms with Gasteiger partial charge in [-0.25, -0.2) is 4.79 Å². The highest BCUT2D eigenvalue weighted by molar-refractivity contribution is 5.72. The van der Waals surface area contributed by atoms with Crippen LogP contribution in [0.1, 0.15) is 20.6 Å². The Balaban J connectivity index is 5.16. The molecule has 0 fully saturated rings. The number of aliphatic carboxylic acids is 1. The summed E-state index contributed by atoms with van der Waals surface area (Å²) in [6.07, 6.45) is -3.35. The molecule has 0 spiro atoms. The number of carbonyl (C=O) groups is 1. The van der Waals surface area contributed by atoms with E-state index in [0.717, 1.165) is 0 Å². The molecule has 0 aromatic heterocycles. The molecule has 0 heterocycles. The quantitative estimate of drug-likeness (QED) is 0.547. The molecule has 0 aliphatic rings. The van der Waals surface area contributed by atoms with Crippen molar-refractivity contribution in [2.75, 3.05) is 0 Å². The molecule has 2 atom stereocenters. The van der Waals surface area contributed by atoms with Crippen molar-refractivity contribution >= 4 is 5.97 Å². The van der Waals surface area contributed by atoms with E-state index in [2.05, 4.69) is 0 Å². The zero-order valence-corrected chi connectivity index (χ0v) is 4.30. The van der Waals surface area contributed by atoms with Crippen LogP contribution in [0.25, 0.3) is 0 Å². The van der Waals surface area contributed by atoms with Crippen LogP contribution in [0.15, 0.2) is 0 Å². The molecule has 3 nitrogen and oxygen atoms in total. The van der Waals surface area contributed by atoms with E-state index < -0.39 is 24.8 Å². The maximum absolute atomic E-state index is 10.3. The summed E-state index contributed by atoms with van der Waals surface area (Å²) < 4.78 is 34.3. The summed E-state index contributed by atoms with van der Waals surface area (Å²) in [4.78, 5) is 10.3. The smallest absolute Gasteiger partial charge is 0.332 e. The van der Waals surface area contributed by atoms with Gasteiger partial charge in [0.05, 0.1) is 1.37 Å². The molecule has 0 amide bonds. The molecule has 0 saturated carbocycles. The number of hydrogen-bond donors (Lipinski definition) is 2. The highest BCUT2D eigenvalue weighted by atomic mass is 16.4. The maximum atomic E-state index is 10.3. The fourth-order valence-corrected chi connectivity index (χ4v) is 0.160. The molecule has 0 aromatic rings. The predicted molar refractivity (Wildman–Crippen MR) is 28.5 cm³/mol. The van der Waals surface area contributed by atoms with Crippen LogP contribution < -0.4 is 0 Å². The molecule has 0 bridgehead atoms. The fourth-order valence-electron chi connectivity index (χ4n) is 0.160. The van der Waals surface area contributed by atoms with E-state index in [-0.39, 0.29) is 0 Å². The zero-order valence-electron chi connectivity index (χ0n) is 9.30. The number of hydrogen-bond acceptors (Lipinski definition) is 2. The predicted octanol–water partition coefficient (Wildman–Crippen LogP) is 0.0879. The molecule has 0 aliphatic carbocycles. The lowest BCUT2D eigenvalue weighted by Crippen LogP contribution is -2.25. The van der Waals surface area contributed by atoms with E-state index in [0.29, 0.717) is 6.92 Å². The first-order valence-electron chi connectivity index (χ1n) is 4.40. The highest BCUT2D eigenvalue weighted by Gasteiger charge is 2.16. The molecular formula is C5H10O3. The molecule has 0 aliphatic heterocycles. The zero-order chi connectivity index (χ0) is 11.1. The number of rotatable bonds is 2.